The molecule has 1 saturated carbocycles. The quantitative estimate of drug-likeness (QED) is 0.579. The van der Waals surface area contributed by atoms with E-state index in [0.717, 1.165) is 50.0 Å². The van der Waals surface area contributed by atoms with Crippen LogP contribution in [0.4, 0.5) is 17.1 Å². The Labute approximate surface area is 164 Å². The standard InChI is InChI=1S/C22H25N3O3/c26-22(23-19-10-4-3-9-18(19)16-7-1-2-8-16)17-11-12-20(21(15-17)25(27)28)24-13-5-6-14-24/h3-4,9-12,15-16H,1-2,5-8,13-14H2,(H,23,26). The highest BCUT2D eigenvalue weighted by Crippen LogP contribution is 2.38. The molecule has 1 amide bonds. The second kappa shape index (κ2) is 8.00. The summed E-state index contributed by atoms with van der Waals surface area (Å²) in [5.74, 6) is 0.171. The van der Waals surface area contributed by atoms with E-state index in [-0.39, 0.29) is 11.6 Å². The molecule has 1 heterocycles. The average Bonchev–Trinajstić information content (AvgIpc) is 3.42. The van der Waals surface area contributed by atoms with E-state index < -0.39 is 4.92 Å². The third-order valence-electron chi connectivity index (χ3n) is 5.89. The first kappa shape index (κ1) is 18.5. The van der Waals surface area contributed by atoms with E-state index in [2.05, 4.69) is 11.4 Å². The molecule has 0 radical (unpaired) electrons. The number of carbonyl (C=O) groups excluding carboxylic acids is 1. The fourth-order valence-electron chi connectivity index (χ4n) is 4.43. The molecule has 146 valence electrons. The SMILES string of the molecule is O=C(Nc1ccccc1C1CCCC1)c1ccc(N2CCCC2)c([N+](=O)[O-])c1. The molecule has 2 aromatic rings. The number of nitrogens with zero attached hydrogens (tertiary/aromatic N) is 2. The Hall–Kier alpha value is -2.89. The van der Waals surface area contributed by atoms with Crippen molar-refractivity contribution < 1.29 is 9.72 Å². The molecule has 0 bridgehead atoms. The molecule has 0 spiro atoms. The van der Waals surface area contributed by atoms with Crippen LogP contribution in [0.25, 0.3) is 0 Å². The van der Waals surface area contributed by atoms with Crippen LogP contribution in [0.1, 0.15) is 60.4 Å². The third-order valence-corrected chi connectivity index (χ3v) is 5.89. The van der Waals surface area contributed by atoms with Gasteiger partial charge in [-0.3, -0.25) is 14.9 Å². The number of nitro benzene ring substituents is 1. The lowest BCUT2D eigenvalue weighted by molar-refractivity contribution is -0.384. The lowest BCUT2D eigenvalue weighted by Gasteiger charge is -2.18. The smallest absolute Gasteiger partial charge is 0.293 e. The zero-order valence-electron chi connectivity index (χ0n) is 15.9. The van der Waals surface area contributed by atoms with Crippen molar-refractivity contribution in [3.8, 4) is 0 Å². The topological polar surface area (TPSA) is 75.5 Å². The van der Waals surface area contributed by atoms with Gasteiger partial charge in [-0.05, 0) is 55.4 Å². The van der Waals surface area contributed by atoms with E-state index in [1.807, 2.05) is 23.1 Å². The summed E-state index contributed by atoms with van der Waals surface area (Å²) in [5, 5.41) is 14.6. The first-order valence-corrected chi connectivity index (χ1v) is 10.1. The van der Waals surface area contributed by atoms with Gasteiger partial charge in [-0.2, -0.15) is 0 Å². The van der Waals surface area contributed by atoms with E-state index in [1.54, 1.807) is 12.1 Å². The Balaban J connectivity index is 1.59. The Kier molecular flexibility index (Phi) is 5.28. The Morgan fingerprint density at radius 1 is 1.04 bits per heavy atom. The number of nitrogens with one attached hydrogen (secondary N) is 1. The van der Waals surface area contributed by atoms with Gasteiger partial charge in [0, 0.05) is 30.4 Å². The van der Waals surface area contributed by atoms with Crippen molar-refractivity contribution in [1.29, 1.82) is 0 Å². The fourth-order valence-corrected chi connectivity index (χ4v) is 4.43. The van der Waals surface area contributed by atoms with E-state index in [9.17, 15) is 14.9 Å². The molecule has 2 aromatic carbocycles. The highest BCUT2D eigenvalue weighted by Gasteiger charge is 2.25. The van der Waals surface area contributed by atoms with Gasteiger partial charge in [-0.1, -0.05) is 31.0 Å². The fraction of sp³-hybridized carbons (Fsp3) is 0.409. The highest BCUT2D eigenvalue weighted by molar-refractivity contribution is 6.05. The predicted molar refractivity (Wildman–Crippen MR) is 110 cm³/mol. The molecule has 1 aliphatic heterocycles. The molecule has 6 nitrogen and oxygen atoms in total. The molecule has 4 rings (SSSR count). The van der Waals surface area contributed by atoms with E-state index >= 15 is 0 Å². The number of nitro groups is 1. The lowest BCUT2D eigenvalue weighted by Crippen LogP contribution is -2.20. The summed E-state index contributed by atoms with van der Waals surface area (Å²) < 4.78 is 0. The first-order chi connectivity index (χ1) is 13.6. The number of amides is 1. The molecule has 1 saturated heterocycles. The van der Waals surface area contributed by atoms with Crippen LogP contribution in [0.5, 0.6) is 0 Å². The van der Waals surface area contributed by atoms with Crippen molar-refractivity contribution >= 4 is 23.0 Å². The summed E-state index contributed by atoms with van der Waals surface area (Å²) in [6.07, 6.45) is 6.80. The van der Waals surface area contributed by atoms with Crippen LogP contribution >= 0.6 is 0 Å². The van der Waals surface area contributed by atoms with E-state index in [4.69, 9.17) is 0 Å². The summed E-state index contributed by atoms with van der Waals surface area (Å²) >= 11 is 0. The molecule has 0 aromatic heterocycles. The van der Waals surface area contributed by atoms with Crippen LogP contribution in [-0.4, -0.2) is 23.9 Å². The van der Waals surface area contributed by atoms with Gasteiger partial charge in [0.25, 0.3) is 11.6 Å². The Morgan fingerprint density at radius 3 is 2.46 bits per heavy atom. The van der Waals surface area contributed by atoms with Gasteiger partial charge < -0.3 is 10.2 Å². The number of hydrogen-bond donors (Lipinski definition) is 1. The monoisotopic (exact) mass is 379 g/mol. The van der Waals surface area contributed by atoms with Gasteiger partial charge in [0.1, 0.15) is 5.69 Å². The van der Waals surface area contributed by atoms with Crippen molar-refractivity contribution in [3.05, 3.63) is 63.7 Å². The maximum Gasteiger partial charge on any atom is 0.293 e. The van der Waals surface area contributed by atoms with E-state index in [1.165, 1.54) is 18.9 Å². The normalized spacial score (nSPS) is 17.1. The molecular formula is C22H25N3O3. The minimum atomic E-state index is -0.392. The molecule has 2 fully saturated rings. The van der Waals surface area contributed by atoms with Crippen LogP contribution in [0.15, 0.2) is 42.5 Å². The number of benzene rings is 2. The van der Waals surface area contributed by atoms with Crippen LogP contribution < -0.4 is 10.2 Å². The van der Waals surface area contributed by atoms with Crippen molar-refractivity contribution in [2.45, 2.75) is 44.4 Å². The molecule has 2 aliphatic rings. The summed E-state index contributed by atoms with van der Waals surface area (Å²) in [7, 11) is 0. The Bertz CT molecular complexity index is 884. The molecule has 1 aliphatic carbocycles. The maximum atomic E-state index is 12.8. The van der Waals surface area contributed by atoms with Crippen molar-refractivity contribution in [1.82, 2.24) is 0 Å². The number of carbonyl (C=O) groups is 1. The van der Waals surface area contributed by atoms with Crippen molar-refractivity contribution in [3.63, 3.8) is 0 Å². The molecule has 6 heteroatoms. The van der Waals surface area contributed by atoms with Crippen LogP contribution in [0, 0.1) is 10.1 Å². The molecule has 1 N–H and O–H groups in total. The summed E-state index contributed by atoms with van der Waals surface area (Å²) in [6, 6.07) is 12.7. The Morgan fingerprint density at radius 2 is 1.75 bits per heavy atom. The molecule has 0 unspecified atom stereocenters. The highest BCUT2D eigenvalue weighted by atomic mass is 16.6. The third kappa shape index (κ3) is 3.72. The lowest BCUT2D eigenvalue weighted by atomic mass is 9.96. The molecular weight excluding hydrogens is 354 g/mol. The second-order valence-corrected chi connectivity index (χ2v) is 7.68. The largest absolute Gasteiger partial charge is 0.366 e. The van der Waals surface area contributed by atoms with Crippen LogP contribution in [-0.2, 0) is 0 Å². The average molecular weight is 379 g/mol. The number of anilines is 2. The van der Waals surface area contributed by atoms with Crippen molar-refractivity contribution in [2.24, 2.45) is 0 Å². The second-order valence-electron chi connectivity index (χ2n) is 7.68. The first-order valence-electron chi connectivity index (χ1n) is 10.1. The van der Waals surface area contributed by atoms with Gasteiger partial charge >= 0.3 is 0 Å². The summed E-state index contributed by atoms with van der Waals surface area (Å²) in [6.45, 7) is 1.64. The minimum Gasteiger partial charge on any atom is -0.366 e. The minimum absolute atomic E-state index is 0.00127. The molecule has 0 atom stereocenters. The zero-order valence-corrected chi connectivity index (χ0v) is 15.9. The van der Waals surface area contributed by atoms with Crippen LogP contribution in [0.2, 0.25) is 0 Å². The van der Waals surface area contributed by atoms with Gasteiger partial charge in [-0.25, -0.2) is 0 Å². The number of hydrogen-bond acceptors (Lipinski definition) is 4. The van der Waals surface area contributed by atoms with Crippen molar-refractivity contribution in [2.75, 3.05) is 23.3 Å². The van der Waals surface area contributed by atoms with Gasteiger partial charge in [-0.15, -0.1) is 0 Å². The zero-order chi connectivity index (χ0) is 19.5. The van der Waals surface area contributed by atoms with Gasteiger partial charge in [0.15, 0.2) is 0 Å². The van der Waals surface area contributed by atoms with E-state index in [0.29, 0.717) is 17.2 Å². The maximum absolute atomic E-state index is 12.8. The molecule has 28 heavy (non-hydrogen) atoms. The van der Waals surface area contributed by atoms with Gasteiger partial charge in [0.2, 0.25) is 0 Å². The summed E-state index contributed by atoms with van der Waals surface area (Å²) in [4.78, 5) is 26.1. The number of para-hydroxylation sites is 1. The number of rotatable bonds is 5. The van der Waals surface area contributed by atoms with Crippen LogP contribution in [0.3, 0.4) is 0 Å². The van der Waals surface area contributed by atoms with Gasteiger partial charge in [0.05, 0.1) is 4.92 Å². The summed E-state index contributed by atoms with van der Waals surface area (Å²) in [5.41, 5.74) is 2.89. The predicted octanol–water partition coefficient (Wildman–Crippen LogP) is 5.10.